The van der Waals surface area contributed by atoms with Gasteiger partial charge in [0.1, 0.15) is 0 Å². The van der Waals surface area contributed by atoms with Gasteiger partial charge in [-0.25, -0.2) is 0 Å². The van der Waals surface area contributed by atoms with Crippen LogP contribution in [0.4, 0.5) is 0 Å². The van der Waals surface area contributed by atoms with Gasteiger partial charge in [-0.3, -0.25) is 9.59 Å². The van der Waals surface area contributed by atoms with Crippen molar-refractivity contribution in [3.8, 4) is 0 Å². The van der Waals surface area contributed by atoms with E-state index in [0.717, 1.165) is 51.4 Å². The van der Waals surface area contributed by atoms with E-state index in [1.807, 2.05) is 13.8 Å². The average molecular weight is 270 g/mol. The molecule has 112 valence electrons. The van der Waals surface area contributed by atoms with Gasteiger partial charge in [0.15, 0.2) is 0 Å². The molecule has 0 aromatic carbocycles. The molecule has 0 heterocycles. The fourth-order valence-electron chi connectivity index (χ4n) is 1.94. The van der Waals surface area contributed by atoms with Gasteiger partial charge < -0.3 is 4.74 Å². The van der Waals surface area contributed by atoms with E-state index in [9.17, 15) is 9.59 Å². The van der Waals surface area contributed by atoms with E-state index in [4.69, 9.17) is 4.74 Å². The predicted octanol–water partition coefficient (Wildman–Crippen LogP) is 4.49. The molecule has 0 amide bonds. The molecule has 0 bridgehead atoms. The summed E-state index contributed by atoms with van der Waals surface area (Å²) in [6, 6.07) is 0. The third-order valence-electron chi connectivity index (χ3n) is 3.49. The van der Waals surface area contributed by atoms with Gasteiger partial charge in [0.2, 0.25) is 0 Å². The summed E-state index contributed by atoms with van der Waals surface area (Å²) in [4.78, 5) is 23.5. The highest BCUT2D eigenvalue weighted by atomic mass is 16.6. The zero-order valence-electron chi connectivity index (χ0n) is 13.0. The Morgan fingerprint density at radius 1 is 0.789 bits per heavy atom. The zero-order chi connectivity index (χ0) is 14.7. The molecule has 0 N–H and O–H groups in total. The van der Waals surface area contributed by atoms with Crippen molar-refractivity contribution in [2.24, 2.45) is 11.8 Å². The number of hydrogen-bond acceptors (Lipinski definition) is 3. The van der Waals surface area contributed by atoms with Crippen LogP contribution in [0.2, 0.25) is 0 Å². The lowest BCUT2D eigenvalue weighted by Gasteiger charge is -2.13. The summed E-state index contributed by atoms with van der Waals surface area (Å²) in [5, 5.41) is 0. The Morgan fingerprint density at radius 2 is 1.16 bits per heavy atom. The Bertz CT molecular complexity index is 235. The van der Waals surface area contributed by atoms with Crippen molar-refractivity contribution in [1.82, 2.24) is 0 Å². The molecule has 0 aromatic heterocycles. The fraction of sp³-hybridized carbons (Fsp3) is 0.875. The van der Waals surface area contributed by atoms with E-state index in [-0.39, 0.29) is 23.8 Å². The summed E-state index contributed by atoms with van der Waals surface area (Å²) < 4.78 is 4.96. The number of carbonyl (C=O) groups excluding carboxylic acids is 2. The van der Waals surface area contributed by atoms with Crippen molar-refractivity contribution in [2.45, 2.75) is 79.1 Å². The van der Waals surface area contributed by atoms with Crippen molar-refractivity contribution in [3.63, 3.8) is 0 Å². The summed E-state index contributed by atoms with van der Waals surface area (Å²) in [6.45, 7) is 7.94. The van der Waals surface area contributed by atoms with E-state index in [2.05, 4.69) is 13.8 Å². The zero-order valence-corrected chi connectivity index (χ0v) is 13.0. The Kier molecular flexibility index (Phi) is 10.5. The predicted molar refractivity (Wildman–Crippen MR) is 77.7 cm³/mol. The Labute approximate surface area is 118 Å². The normalized spacial score (nSPS) is 13.9. The van der Waals surface area contributed by atoms with Gasteiger partial charge in [0.25, 0.3) is 0 Å². The maximum Gasteiger partial charge on any atom is 0.316 e. The summed E-state index contributed by atoms with van der Waals surface area (Å²) in [6.07, 6.45) is 8.18. The van der Waals surface area contributed by atoms with E-state index < -0.39 is 0 Å². The number of rotatable bonds is 10. The standard InChI is InChI=1S/C16H30O3/c1-5-7-9-11-13(3)15(17)19-16(18)14(4)12-10-8-6-2/h13-14H,5-12H2,1-4H3/t13-,14-/m0/s1. The van der Waals surface area contributed by atoms with Crippen LogP contribution in [0.15, 0.2) is 0 Å². The molecule has 19 heavy (non-hydrogen) atoms. The first kappa shape index (κ1) is 18.1. The van der Waals surface area contributed by atoms with Crippen LogP contribution in [-0.2, 0) is 14.3 Å². The molecule has 0 unspecified atom stereocenters. The minimum Gasteiger partial charge on any atom is -0.393 e. The van der Waals surface area contributed by atoms with Crippen LogP contribution in [0, 0.1) is 11.8 Å². The second-order valence-corrected chi connectivity index (χ2v) is 5.53. The molecule has 0 aliphatic carbocycles. The topological polar surface area (TPSA) is 43.4 Å². The lowest BCUT2D eigenvalue weighted by Crippen LogP contribution is -2.23. The number of carbonyl (C=O) groups is 2. The van der Waals surface area contributed by atoms with Crippen LogP contribution < -0.4 is 0 Å². The molecule has 3 heteroatoms. The first-order valence-corrected chi connectivity index (χ1v) is 7.78. The largest absolute Gasteiger partial charge is 0.393 e. The van der Waals surface area contributed by atoms with Crippen LogP contribution in [0.5, 0.6) is 0 Å². The fourth-order valence-corrected chi connectivity index (χ4v) is 1.94. The Morgan fingerprint density at radius 3 is 1.47 bits per heavy atom. The molecule has 0 aliphatic heterocycles. The first-order chi connectivity index (χ1) is 9.02. The number of ether oxygens (including phenoxy) is 1. The van der Waals surface area contributed by atoms with Crippen molar-refractivity contribution < 1.29 is 14.3 Å². The molecule has 0 spiro atoms. The number of unbranched alkanes of at least 4 members (excludes halogenated alkanes) is 4. The van der Waals surface area contributed by atoms with Gasteiger partial charge >= 0.3 is 11.9 Å². The quantitative estimate of drug-likeness (QED) is 0.334. The minimum absolute atomic E-state index is 0.168. The number of esters is 2. The highest BCUT2D eigenvalue weighted by Gasteiger charge is 2.21. The molecule has 0 saturated carbocycles. The van der Waals surface area contributed by atoms with Gasteiger partial charge in [-0.1, -0.05) is 66.2 Å². The van der Waals surface area contributed by atoms with Crippen LogP contribution in [0.25, 0.3) is 0 Å². The second kappa shape index (κ2) is 11.0. The molecule has 0 fully saturated rings. The SMILES string of the molecule is CCCCC[C@H](C)C(=O)OC(=O)[C@@H](C)CCCCC. The minimum atomic E-state index is -0.358. The molecule has 0 aliphatic rings. The molecular weight excluding hydrogens is 240 g/mol. The Balaban J connectivity index is 3.92. The second-order valence-electron chi connectivity index (χ2n) is 5.53. The highest BCUT2D eigenvalue weighted by Crippen LogP contribution is 2.15. The van der Waals surface area contributed by atoms with Gasteiger partial charge in [-0.15, -0.1) is 0 Å². The maximum atomic E-state index is 11.7. The smallest absolute Gasteiger partial charge is 0.316 e. The van der Waals surface area contributed by atoms with Gasteiger partial charge in [0.05, 0.1) is 11.8 Å². The van der Waals surface area contributed by atoms with Crippen LogP contribution >= 0.6 is 0 Å². The molecule has 3 nitrogen and oxygen atoms in total. The maximum absolute atomic E-state index is 11.7. The Hall–Kier alpha value is -0.860. The van der Waals surface area contributed by atoms with Crippen LogP contribution in [0.3, 0.4) is 0 Å². The van der Waals surface area contributed by atoms with E-state index >= 15 is 0 Å². The van der Waals surface area contributed by atoms with E-state index in [1.54, 1.807) is 0 Å². The first-order valence-electron chi connectivity index (χ1n) is 7.78. The van der Waals surface area contributed by atoms with Crippen molar-refractivity contribution in [3.05, 3.63) is 0 Å². The third kappa shape index (κ3) is 8.79. The summed E-state index contributed by atoms with van der Waals surface area (Å²) in [7, 11) is 0. The third-order valence-corrected chi connectivity index (χ3v) is 3.49. The lowest BCUT2D eigenvalue weighted by atomic mass is 10.0. The molecular formula is C16H30O3. The summed E-state index contributed by atoms with van der Waals surface area (Å²) >= 11 is 0. The van der Waals surface area contributed by atoms with Crippen LogP contribution in [0.1, 0.15) is 79.1 Å². The number of hydrogen-bond donors (Lipinski definition) is 0. The highest BCUT2D eigenvalue weighted by molar-refractivity contribution is 5.87. The van der Waals surface area contributed by atoms with Gasteiger partial charge in [-0.05, 0) is 12.8 Å². The van der Waals surface area contributed by atoms with Gasteiger partial charge in [-0.2, -0.15) is 0 Å². The average Bonchev–Trinajstić information content (AvgIpc) is 2.38. The summed E-state index contributed by atoms with van der Waals surface area (Å²) in [5.74, 6) is -1.05. The summed E-state index contributed by atoms with van der Waals surface area (Å²) in [5.41, 5.74) is 0. The molecule has 0 aromatic rings. The van der Waals surface area contributed by atoms with E-state index in [0.29, 0.717) is 0 Å². The molecule has 0 radical (unpaired) electrons. The lowest BCUT2D eigenvalue weighted by molar-refractivity contribution is -0.165. The van der Waals surface area contributed by atoms with Crippen molar-refractivity contribution in [1.29, 1.82) is 0 Å². The van der Waals surface area contributed by atoms with Crippen molar-refractivity contribution in [2.75, 3.05) is 0 Å². The van der Waals surface area contributed by atoms with Crippen LogP contribution in [-0.4, -0.2) is 11.9 Å². The van der Waals surface area contributed by atoms with Gasteiger partial charge in [0, 0.05) is 0 Å². The monoisotopic (exact) mass is 270 g/mol. The van der Waals surface area contributed by atoms with E-state index in [1.165, 1.54) is 0 Å². The molecule has 2 atom stereocenters. The van der Waals surface area contributed by atoms with Crippen molar-refractivity contribution >= 4 is 11.9 Å². The molecule has 0 saturated heterocycles. The molecule has 0 rings (SSSR count).